The molecule has 8 nitrogen and oxygen atoms in total. The number of rotatable bonds is 11. The number of amides is 1. The first-order chi connectivity index (χ1) is 19.6. The standard InChI is InChI=1S/C30H28N4O4S2/c1-2-3-7-18-38-23-12-10-21(11-13-23)25-24(26(35)22-14-16-31-17-15-22)27(36)28(37)34(25)29-32-33-30(40-29)39-19-20-8-5-4-6-9-20/h4-6,8-17,25,35H,2-3,7,18-19H2,1H3. The summed E-state index contributed by atoms with van der Waals surface area (Å²) in [6.45, 7) is 2.75. The van der Waals surface area contributed by atoms with Crippen LogP contribution in [-0.4, -0.2) is 38.6 Å². The zero-order valence-electron chi connectivity index (χ0n) is 21.9. The molecule has 1 unspecified atom stereocenters. The first-order valence-electron chi connectivity index (χ1n) is 13.0. The lowest BCUT2D eigenvalue weighted by Gasteiger charge is -2.22. The van der Waals surface area contributed by atoms with Crippen molar-refractivity contribution < 1.29 is 19.4 Å². The van der Waals surface area contributed by atoms with Gasteiger partial charge in [-0.1, -0.05) is 85.3 Å². The molecule has 5 rings (SSSR count). The third-order valence-electron chi connectivity index (χ3n) is 6.42. The smallest absolute Gasteiger partial charge is 0.301 e. The van der Waals surface area contributed by atoms with Gasteiger partial charge in [0.1, 0.15) is 11.5 Å². The van der Waals surface area contributed by atoms with Crippen LogP contribution in [0.4, 0.5) is 5.13 Å². The van der Waals surface area contributed by atoms with E-state index in [1.807, 2.05) is 54.6 Å². The summed E-state index contributed by atoms with van der Waals surface area (Å²) in [6, 6.07) is 19.5. The van der Waals surface area contributed by atoms with Gasteiger partial charge in [0, 0.05) is 23.7 Å². The van der Waals surface area contributed by atoms with Crippen molar-refractivity contribution in [3.05, 3.63) is 101 Å². The maximum atomic E-state index is 13.4. The number of ketones is 1. The Bertz CT molecular complexity index is 1490. The number of aliphatic hydroxyl groups is 1. The first-order valence-corrected chi connectivity index (χ1v) is 14.8. The van der Waals surface area contributed by atoms with Crippen molar-refractivity contribution in [2.75, 3.05) is 11.5 Å². The SMILES string of the molecule is CCCCCOc1ccc(C2C(=C(O)c3ccncc3)C(=O)C(=O)N2c2nnc(SCc3ccccc3)s2)cc1. The van der Waals surface area contributed by atoms with Crippen LogP contribution in [0, 0.1) is 0 Å². The molecule has 204 valence electrons. The van der Waals surface area contributed by atoms with Gasteiger partial charge in [0.05, 0.1) is 18.2 Å². The van der Waals surface area contributed by atoms with Crippen LogP contribution in [0.5, 0.6) is 5.75 Å². The molecule has 1 saturated heterocycles. The lowest BCUT2D eigenvalue weighted by Crippen LogP contribution is -2.29. The second-order valence-corrected chi connectivity index (χ2v) is 11.3. The highest BCUT2D eigenvalue weighted by Gasteiger charge is 2.48. The average molecular weight is 573 g/mol. The number of anilines is 1. The monoisotopic (exact) mass is 572 g/mol. The summed E-state index contributed by atoms with van der Waals surface area (Å²) < 4.78 is 6.52. The van der Waals surface area contributed by atoms with E-state index in [0.29, 0.717) is 33.6 Å². The molecule has 0 spiro atoms. The van der Waals surface area contributed by atoms with Crippen LogP contribution in [0.1, 0.15) is 48.9 Å². The van der Waals surface area contributed by atoms with Gasteiger partial charge in [0.2, 0.25) is 5.13 Å². The second-order valence-electron chi connectivity index (χ2n) is 9.15. The molecule has 0 saturated carbocycles. The van der Waals surface area contributed by atoms with Crippen molar-refractivity contribution in [3.63, 3.8) is 0 Å². The molecule has 1 amide bonds. The highest BCUT2D eigenvalue weighted by molar-refractivity contribution is 8.00. The molecule has 40 heavy (non-hydrogen) atoms. The Kier molecular flexibility index (Phi) is 8.87. The van der Waals surface area contributed by atoms with E-state index in [0.717, 1.165) is 24.8 Å². The molecule has 4 aromatic rings. The molecule has 0 bridgehead atoms. The molecule has 1 aliphatic heterocycles. The van der Waals surface area contributed by atoms with Crippen molar-refractivity contribution in [2.24, 2.45) is 0 Å². The quantitative estimate of drug-likeness (QED) is 0.0548. The predicted octanol–water partition coefficient (Wildman–Crippen LogP) is 6.42. The molecular weight excluding hydrogens is 544 g/mol. The molecule has 1 atom stereocenters. The molecule has 2 aromatic carbocycles. The van der Waals surface area contributed by atoms with E-state index in [1.165, 1.54) is 40.4 Å². The number of hydrogen-bond acceptors (Lipinski definition) is 9. The lowest BCUT2D eigenvalue weighted by molar-refractivity contribution is -0.132. The predicted molar refractivity (Wildman–Crippen MR) is 156 cm³/mol. The van der Waals surface area contributed by atoms with Crippen LogP contribution >= 0.6 is 23.1 Å². The van der Waals surface area contributed by atoms with E-state index in [2.05, 4.69) is 22.1 Å². The van der Waals surface area contributed by atoms with Gasteiger partial charge in [-0.25, -0.2) is 0 Å². The fourth-order valence-electron chi connectivity index (χ4n) is 4.38. The summed E-state index contributed by atoms with van der Waals surface area (Å²) >= 11 is 2.74. The van der Waals surface area contributed by atoms with Crippen LogP contribution in [0.25, 0.3) is 5.76 Å². The van der Waals surface area contributed by atoms with E-state index in [4.69, 9.17) is 4.74 Å². The van der Waals surface area contributed by atoms with Crippen molar-refractivity contribution in [2.45, 2.75) is 42.3 Å². The van der Waals surface area contributed by atoms with Crippen LogP contribution in [-0.2, 0) is 15.3 Å². The summed E-state index contributed by atoms with van der Waals surface area (Å²) in [4.78, 5) is 32.1. The van der Waals surface area contributed by atoms with Crippen molar-refractivity contribution >= 4 is 45.7 Å². The maximum Gasteiger partial charge on any atom is 0.301 e. The Labute approximate surface area is 240 Å². The van der Waals surface area contributed by atoms with Crippen molar-refractivity contribution in [1.82, 2.24) is 15.2 Å². The number of ether oxygens (including phenoxy) is 1. The number of aromatic nitrogens is 3. The molecule has 0 radical (unpaired) electrons. The highest BCUT2D eigenvalue weighted by atomic mass is 32.2. The number of aliphatic hydroxyl groups excluding tert-OH is 1. The molecule has 3 heterocycles. The molecule has 1 fully saturated rings. The number of hydrogen-bond donors (Lipinski definition) is 1. The Balaban J connectivity index is 1.48. The second kappa shape index (κ2) is 12.9. The number of thioether (sulfide) groups is 1. The van der Waals surface area contributed by atoms with Gasteiger partial charge in [-0.2, -0.15) is 0 Å². The Morgan fingerprint density at radius 1 is 1.00 bits per heavy atom. The topological polar surface area (TPSA) is 106 Å². The van der Waals surface area contributed by atoms with E-state index in [1.54, 1.807) is 12.1 Å². The third-order valence-corrected chi connectivity index (χ3v) is 8.54. The van der Waals surface area contributed by atoms with Gasteiger partial charge in [-0.05, 0) is 41.8 Å². The highest BCUT2D eigenvalue weighted by Crippen LogP contribution is 2.44. The molecule has 0 aliphatic carbocycles. The van der Waals surface area contributed by atoms with Crippen LogP contribution in [0.15, 0.2) is 89.0 Å². The van der Waals surface area contributed by atoms with Gasteiger partial charge < -0.3 is 9.84 Å². The zero-order valence-corrected chi connectivity index (χ0v) is 23.5. The Morgan fingerprint density at radius 3 is 2.48 bits per heavy atom. The van der Waals surface area contributed by atoms with E-state index >= 15 is 0 Å². The van der Waals surface area contributed by atoms with Gasteiger partial charge in [-0.3, -0.25) is 19.5 Å². The Hall–Kier alpha value is -4.02. The minimum atomic E-state index is -0.887. The van der Waals surface area contributed by atoms with Gasteiger partial charge in [-0.15, -0.1) is 10.2 Å². The van der Waals surface area contributed by atoms with Crippen LogP contribution in [0.2, 0.25) is 0 Å². The normalized spacial score (nSPS) is 16.4. The minimum Gasteiger partial charge on any atom is -0.507 e. The number of unbranched alkanes of at least 4 members (excludes halogenated alkanes) is 2. The number of benzene rings is 2. The number of carbonyl (C=O) groups is 2. The fourth-order valence-corrected chi connectivity index (χ4v) is 6.20. The molecular formula is C30H28N4O4S2. The van der Waals surface area contributed by atoms with Crippen LogP contribution < -0.4 is 9.64 Å². The summed E-state index contributed by atoms with van der Waals surface area (Å²) in [6.07, 6.45) is 6.20. The minimum absolute atomic E-state index is 0.0125. The number of nitrogens with zero attached hydrogens (tertiary/aromatic N) is 4. The third kappa shape index (κ3) is 6.08. The van der Waals surface area contributed by atoms with E-state index in [-0.39, 0.29) is 16.5 Å². The van der Waals surface area contributed by atoms with Crippen LogP contribution in [0.3, 0.4) is 0 Å². The summed E-state index contributed by atoms with van der Waals surface area (Å²) in [5, 5.41) is 20.1. The van der Waals surface area contributed by atoms with Gasteiger partial charge in [0.15, 0.2) is 4.34 Å². The summed E-state index contributed by atoms with van der Waals surface area (Å²) in [7, 11) is 0. The number of Topliss-reactive ketones (excluding diaryl/α,β-unsaturated/α-hetero) is 1. The van der Waals surface area contributed by atoms with E-state index < -0.39 is 17.7 Å². The van der Waals surface area contributed by atoms with E-state index in [9.17, 15) is 14.7 Å². The lowest BCUT2D eigenvalue weighted by atomic mass is 9.95. The Morgan fingerprint density at radius 2 is 1.75 bits per heavy atom. The first kappa shape index (κ1) is 27.5. The van der Waals surface area contributed by atoms with Crippen molar-refractivity contribution in [3.8, 4) is 5.75 Å². The largest absolute Gasteiger partial charge is 0.507 e. The fraction of sp³-hybridized carbons (Fsp3) is 0.233. The number of pyridine rings is 1. The summed E-state index contributed by atoms with van der Waals surface area (Å²) in [5.74, 6) is -0.429. The molecule has 2 aromatic heterocycles. The van der Waals surface area contributed by atoms with Gasteiger partial charge >= 0.3 is 5.91 Å². The van der Waals surface area contributed by atoms with Gasteiger partial charge in [0.25, 0.3) is 5.78 Å². The summed E-state index contributed by atoms with van der Waals surface area (Å²) in [5.41, 5.74) is 2.16. The molecule has 10 heteroatoms. The number of carbonyl (C=O) groups excluding carboxylic acids is 2. The average Bonchev–Trinajstić information content (AvgIpc) is 3.57. The molecule has 1 N–H and O–H groups in total. The maximum absolute atomic E-state index is 13.4. The zero-order chi connectivity index (χ0) is 27.9. The molecule has 1 aliphatic rings. The van der Waals surface area contributed by atoms with Crippen molar-refractivity contribution in [1.29, 1.82) is 0 Å².